The average Bonchev–Trinajstić information content (AvgIpc) is 3.06. The normalized spacial score (nSPS) is 11.4. The fraction of sp³-hybridized carbons (Fsp3) is 0.250. The molecular formula is C20H22N2O5S. The topological polar surface area (TPSA) is 90.7 Å². The minimum atomic E-state index is -3.64. The number of nitrogens with one attached hydrogen (secondary N) is 1. The van der Waals surface area contributed by atoms with Gasteiger partial charge in [-0.05, 0) is 38.1 Å². The third-order valence-electron chi connectivity index (χ3n) is 4.29. The van der Waals surface area contributed by atoms with E-state index in [1.165, 1.54) is 0 Å². The van der Waals surface area contributed by atoms with Crippen LogP contribution in [0.4, 0.5) is 0 Å². The molecule has 0 saturated carbocycles. The zero-order valence-corrected chi connectivity index (χ0v) is 17.0. The number of aryl methyl sites for hydroxylation is 2. The van der Waals surface area contributed by atoms with Crippen molar-refractivity contribution in [1.82, 2.24) is 9.71 Å². The summed E-state index contributed by atoms with van der Waals surface area (Å²) >= 11 is 0. The Morgan fingerprint density at radius 3 is 2.39 bits per heavy atom. The predicted octanol–water partition coefficient (Wildman–Crippen LogP) is 3.45. The Morgan fingerprint density at radius 1 is 1.04 bits per heavy atom. The number of sulfonamides is 1. The van der Waals surface area contributed by atoms with E-state index in [0.717, 1.165) is 5.56 Å². The molecule has 0 radical (unpaired) electrons. The molecule has 2 aromatic carbocycles. The molecule has 7 nitrogen and oxygen atoms in total. The van der Waals surface area contributed by atoms with Crippen LogP contribution in [-0.2, 0) is 16.6 Å². The third kappa shape index (κ3) is 4.18. The molecule has 1 heterocycles. The van der Waals surface area contributed by atoms with Crippen molar-refractivity contribution in [2.24, 2.45) is 0 Å². The van der Waals surface area contributed by atoms with Crippen molar-refractivity contribution in [2.75, 3.05) is 14.2 Å². The number of hydrogen-bond acceptors (Lipinski definition) is 6. The number of rotatable bonds is 7. The highest BCUT2D eigenvalue weighted by Gasteiger charge is 2.19. The van der Waals surface area contributed by atoms with E-state index in [4.69, 9.17) is 13.9 Å². The van der Waals surface area contributed by atoms with Crippen molar-refractivity contribution in [1.29, 1.82) is 0 Å². The van der Waals surface area contributed by atoms with Gasteiger partial charge in [0.1, 0.15) is 17.3 Å². The molecule has 28 heavy (non-hydrogen) atoms. The molecule has 0 unspecified atom stereocenters. The molecular weight excluding hydrogens is 380 g/mol. The Bertz CT molecular complexity index is 1070. The smallest absolute Gasteiger partial charge is 0.240 e. The van der Waals surface area contributed by atoms with Crippen LogP contribution < -0.4 is 14.2 Å². The summed E-state index contributed by atoms with van der Waals surface area (Å²) in [7, 11) is -0.524. The molecule has 3 rings (SSSR count). The van der Waals surface area contributed by atoms with Gasteiger partial charge in [0.05, 0.1) is 36.9 Å². The van der Waals surface area contributed by atoms with Crippen molar-refractivity contribution in [3.8, 4) is 23.0 Å². The fourth-order valence-electron chi connectivity index (χ4n) is 2.65. The summed E-state index contributed by atoms with van der Waals surface area (Å²) in [5.74, 6) is 2.07. The lowest BCUT2D eigenvalue weighted by Crippen LogP contribution is -2.23. The first-order valence-corrected chi connectivity index (χ1v) is 10.1. The lowest BCUT2D eigenvalue weighted by atomic mass is 10.2. The van der Waals surface area contributed by atoms with E-state index in [-0.39, 0.29) is 11.4 Å². The second-order valence-electron chi connectivity index (χ2n) is 6.23. The van der Waals surface area contributed by atoms with E-state index >= 15 is 0 Å². The maximum Gasteiger partial charge on any atom is 0.240 e. The molecule has 1 N–H and O–H groups in total. The fourth-order valence-corrected chi connectivity index (χ4v) is 3.63. The summed E-state index contributed by atoms with van der Waals surface area (Å²) in [6.07, 6.45) is 0. The van der Waals surface area contributed by atoms with Crippen LogP contribution in [0.25, 0.3) is 11.5 Å². The Morgan fingerprint density at radius 2 is 1.75 bits per heavy atom. The van der Waals surface area contributed by atoms with Crippen molar-refractivity contribution in [3.63, 3.8) is 0 Å². The molecule has 0 spiro atoms. The number of aromatic nitrogens is 1. The van der Waals surface area contributed by atoms with Crippen molar-refractivity contribution >= 4 is 10.0 Å². The number of benzene rings is 2. The first kappa shape index (κ1) is 19.9. The zero-order chi connectivity index (χ0) is 20.3. The SMILES string of the molecule is COc1ccc(-c2nc(CNS(=O)(=O)c3ccc(C)cc3)c(C)o2)c(OC)c1. The summed E-state index contributed by atoms with van der Waals surface area (Å²) in [4.78, 5) is 4.65. The van der Waals surface area contributed by atoms with E-state index in [1.54, 1.807) is 63.6 Å². The van der Waals surface area contributed by atoms with E-state index < -0.39 is 10.0 Å². The molecule has 0 aliphatic rings. The monoisotopic (exact) mass is 402 g/mol. The number of methoxy groups -OCH3 is 2. The quantitative estimate of drug-likeness (QED) is 0.651. The Kier molecular flexibility index (Phi) is 5.71. The van der Waals surface area contributed by atoms with Gasteiger partial charge < -0.3 is 13.9 Å². The Labute approximate surface area is 164 Å². The molecule has 0 saturated heterocycles. The minimum Gasteiger partial charge on any atom is -0.497 e. The molecule has 148 valence electrons. The van der Waals surface area contributed by atoms with Gasteiger partial charge in [-0.25, -0.2) is 18.1 Å². The maximum absolute atomic E-state index is 12.5. The van der Waals surface area contributed by atoms with Gasteiger partial charge in [0.2, 0.25) is 15.9 Å². The van der Waals surface area contributed by atoms with Crippen LogP contribution in [0.1, 0.15) is 17.0 Å². The molecule has 0 fully saturated rings. The second kappa shape index (κ2) is 8.04. The van der Waals surface area contributed by atoms with Crippen molar-refractivity contribution in [3.05, 3.63) is 59.5 Å². The Hall–Kier alpha value is -2.84. The molecule has 0 bridgehead atoms. The summed E-state index contributed by atoms with van der Waals surface area (Å²) in [6, 6.07) is 11.9. The number of nitrogens with zero attached hydrogens (tertiary/aromatic N) is 1. The van der Waals surface area contributed by atoms with Crippen molar-refractivity contribution in [2.45, 2.75) is 25.3 Å². The number of hydrogen-bond donors (Lipinski definition) is 1. The molecule has 0 aliphatic heterocycles. The second-order valence-corrected chi connectivity index (χ2v) is 7.99. The first-order chi connectivity index (χ1) is 13.3. The van der Waals surface area contributed by atoms with Gasteiger partial charge in [-0.2, -0.15) is 0 Å². The van der Waals surface area contributed by atoms with Crippen LogP contribution in [-0.4, -0.2) is 27.6 Å². The lowest BCUT2D eigenvalue weighted by Gasteiger charge is -2.07. The summed E-state index contributed by atoms with van der Waals surface area (Å²) < 4.78 is 43.8. The van der Waals surface area contributed by atoms with Gasteiger partial charge in [-0.1, -0.05) is 17.7 Å². The highest BCUT2D eigenvalue weighted by Crippen LogP contribution is 2.33. The lowest BCUT2D eigenvalue weighted by molar-refractivity contribution is 0.394. The summed E-state index contributed by atoms with van der Waals surface area (Å²) in [5.41, 5.74) is 2.15. The van der Waals surface area contributed by atoms with Gasteiger partial charge >= 0.3 is 0 Å². The van der Waals surface area contributed by atoms with E-state index in [0.29, 0.717) is 34.4 Å². The van der Waals surface area contributed by atoms with Crippen LogP contribution in [0, 0.1) is 13.8 Å². The standard InChI is InChI=1S/C20H22N2O5S/c1-13-5-8-16(9-6-13)28(23,24)21-12-18-14(2)27-20(22-18)17-10-7-15(25-3)11-19(17)26-4/h5-11,21H,12H2,1-4H3. The molecule has 3 aromatic rings. The minimum absolute atomic E-state index is 0.0179. The molecule has 1 aromatic heterocycles. The van der Waals surface area contributed by atoms with Crippen LogP contribution in [0.2, 0.25) is 0 Å². The molecule has 0 amide bonds. The van der Waals surface area contributed by atoms with Gasteiger partial charge in [0, 0.05) is 6.07 Å². The van der Waals surface area contributed by atoms with E-state index in [9.17, 15) is 8.42 Å². The molecule has 0 aliphatic carbocycles. The van der Waals surface area contributed by atoms with Gasteiger partial charge in [0.25, 0.3) is 0 Å². The average molecular weight is 402 g/mol. The highest BCUT2D eigenvalue weighted by molar-refractivity contribution is 7.89. The summed E-state index contributed by atoms with van der Waals surface area (Å²) in [6.45, 7) is 3.66. The van der Waals surface area contributed by atoms with Gasteiger partial charge in [0.15, 0.2) is 0 Å². The molecule has 8 heteroatoms. The van der Waals surface area contributed by atoms with Crippen molar-refractivity contribution < 1.29 is 22.3 Å². The Balaban J connectivity index is 1.82. The van der Waals surface area contributed by atoms with Gasteiger partial charge in [-0.3, -0.25) is 0 Å². The predicted molar refractivity (Wildman–Crippen MR) is 105 cm³/mol. The number of oxazole rings is 1. The van der Waals surface area contributed by atoms with Crippen LogP contribution in [0.15, 0.2) is 51.8 Å². The van der Waals surface area contributed by atoms with Crippen LogP contribution in [0.3, 0.4) is 0 Å². The third-order valence-corrected chi connectivity index (χ3v) is 5.71. The largest absolute Gasteiger partial charge is 0.497 e. The van der Waals surface area contributed by atoms with E-state index in [1.807, 2.05) is 6.92 Å². The van der Waals surface area contributed by atoms with Gasteiger partial charge in [-0.15, -0.1) is 0 Å². The number of ether oxygens (including phenoxy) is 2. The summed E-state index contributed by atoms with van der Waals surface area (Å²) in [5, 5.41) is 0. The molecule has 0 atom stereocenters. The first-order valence-electron chi connectivity index (χ1n) is 8.59. The van der Waals surface area contributed by atoms with Crippen LogP contribution >= 0.6 is 0 Å². The van der Waals surface area contributed by atoms with E-state index in [2.05, 4.69) is 9.71 Å². The zero-order valence-electron chi connectivity index (χ0n) is 16.1. The maximum atomic E-state index is 12.5. The van der Waals surface area contributed by atoms with Crippen LogP contribution in [0.5, 0.6) is 11.5 Å². The highest BCUT2D eigenvalue weighted by atomic mass is 32.2.